The Hall–Kier alpha value is -2.16. The third-order valence-electron chi connectivity index (χ3n) is 2.06. The van der Waals surface area contributed by atoms with E-state index in [4.69, 9.17) is 9.57 Å². The number of hydrogen-bond acceptors (Lipinski definition) is 6. The fraction of sp³-hybridized carbons (Fsp3) is 0.600. The average Bonchev–Trinajstić information content (AvgIpc) is 2.21. The molecule has 5 amide bonds. The fourth-order valence-corrected chi connectivity index (χ4v) is 1.11. The second-order valence-corrected chi connectivity index (χ2v) is 4.98. The number of barbiturate groups is 1. The Morgan fingerprint density at radius 1 is 1.16 bits per heavy atom. The second-order valence-electron chi connectivity index (χ2n) is 4.98. The molecule has 0 radical (unpaired) electrons. The molecule has 1 fully saturated rings. The van der Waals surface area contributed by atoms with E-state index in [1.165, 1.54) is 0 Å². The minimum atomic E-state index is -2.05. The Kier molecular flexibility index (Phi) is 3.80. The number of carbonyl (C=O) groups is 4. The number of amides is 5. The summed E-state index contributed by atoms with van der Waals surface area (Å²) in [6.45, 7) is 5.99. The van der Waals surface area contributed by atoms with Crippen molar-refractivity contribution in [3.8, 4) is 0 Å². The van der Waals surface area contributed by atoms with Gasteiger partial charge < -0.3 is 4.74 Å². The smallest absolute Gasteiger partial charge is 0.431 e. The van der Waals surface area contributed by atoms with Crippen LogP contribution in [-0.2, 0) is 19.2 Å². The van der Waals surface area contributed by atoms with E-state index >= 15 is 0 Å². The Morgan fingerprint density at radius 3 is 2.05 bits per heavy atom. The molecule has 0 spiro atoms. The Balaban J connectivity index is 2.65. The van der Waals surface area contributed by atoms with Crippen LogP contribution in [0.4, 0.5) is 9.59 Å². The summed E-state index contributed by atoms with van der Waals surface area (Å²) >= 11 is 0. The van der Waals surface area contributed by atoms with Gasteiger partial charge in [0.2, 0.25) is 5.60 Å². The van der Waals surface area contributed by atoms with Crippen molar-refractivity contribution in [2.75, 3.05) is 0 Å². The molecule has 1 aliphatic rings. The van der Waals surface area contributed by atoms with Gasteiger partial charge in [0.05, 0.1) is 0 Å². The summed E-state index contributed by atoms with van der Waals surface area (Å²) in [4.78, 5) is 50.0. The van der Waals surface area contributed by atoms with E-state index in [1.807, 2.05) is 16.1 Å². The zero-order valence-corrected chi connectivity index (χ0v) is 10.9. The highest BCUT2D eigenvalue weighted by Crippen LogP contribution is 2.13. The average molecular weight is 273 g/mol. The van der Waals surface area contributed by atoms with Crippen LogP contribution in [0.25, 0.3) is 0 Å². The summed E-state index contributed by atoms with van der Waals surface area (Å²) in [5.41, 5.74) is -0.982. The highest BCUT2D eigenvalue weighted by atomic mass is 16.7. The lowest BCUT2D eigenvalue weighted by Gasteiger charge is -2.29. The predicted octanol–water partition coefficient (Wildman–Crippen LogP) is -0.433. The van der Waals surface area contributed by atoms with E-state index in [0.29, 0.717) is 0 Å². The van der Waals surface area contributed by atoms with Gasteiger partial charge in [-0.05, 0) is 27.7 Å². The van der Waals surface area contributed by atoms with E-state index in [1.54, 1.807) is 20.8 Å². The van der Waals surface area contributed by atoms with Gasteiger partial charge in [0.1, 0.15) is 5.60 Å². The van der Waals surface area contributed by atoms with Gasteiger partial charge in [-0.2, -0.15) is 5.48 Å². The fourth-order valence-electron chi connectivity index (χ4n) is 1.11. The molecule has 0 aromatic rings. The van der Waals surface area contributed by atoms with Gasteiger partial charge in [-0.25, -0.2) is 14.4 Å². The lowest BCUT2D eigenvalue weighted by molar-refractivity contribution is -0.167. The first-order valence-corrected chi connectivity index (χ1v) is 5.38. The first kappa shape index (κ1) is 14.9. The van der Waals surface area contributed by atoms with Crippen molar-refractivity contribution in [2.45, 2.75) is 38.9 Å². The summed E-state index contributed by atoms with van der Waals surface area (Å²) in [6.07, 6.45) is -0.966. The molecule has 0 aromatic heterocycles. The largest absolute Gasteiger partial charge is 0.442 e. The van der Waals surface area contributed by atoms with Crippen molar-refractivity contribution in [1.29, 1.82) is 0 Å². The molecule has 1 rings (SSSR count). The number of hydroxylamine groups is 1. The third-order valence-corrected chi connectivity index (χ3v) is 2.06. The molecular weight excluding hydrogens is 258 g/mol. The van der Waals surface area contributed by atoms with Gasteiger partial charge in [0.25, 0.3) is 11.8 Å². The van der Waals surface area contributed by atoms with Crippen molar-refractivity contribution in [2.24, 2.45) is 0 Å². The lowest BCUT2D eigenvalue weighted by atomic mass is 10.0. The third kappa shape index (κ3) is 3.65. The minimum Gasteiger partial charge on any atom is -0.442 e. The van der Waals surface area contributed by atoms with Gasteiger partial charge in [0.15, 0.2) is 0 Å². The molecular formula is C10H15N3O6. The number of urea groups is 1. The van der Waals surface area contributed by atoms with Crippen LogP contribution in [0.5, 0.6) is 0 Å². The maximum absolute atomic E-state index is 11.5. The molecule has 19 heavy (non-hydrogen) atoms. The second kappa shape index (κ2) is 4.84. The number of carbonyl (C=O) groups excluding carboxylic acids is 4. The van der Waals surface area contributed by atoms with Gasteiger partial charge in [-0.1, -0.05) is 0 Å². The van der Waals surface area contributed by atoms with Crippen LogP contribution in [0.15, 0.2) is 0 Å². The van der Waals surface area contributed by atoms with Crippen molar-refractivity contribution < 1.29 is 28.8 Å². The highest BCUT2D eigenvalue weighted by molar-refractivity contribution is 6.21. The van der Waals surface area contributed by atoms with Gasteiger partial charge >= 0.3 is 12.1 Å². The zero-order chi connectivity index (χ0) is 14.8. The molecule has 9 heteroatoms. The van der Waals surface area contributed by atoms with Crippen LogP contribution in [0, 0.1) is 0 Å². The maximum atomic E-state index is 11.5. The standard InChI is InChI=1S/C10H15N3O6/c1-9(2,3)18-8(17)13-19-10(4)5(14)11-7(16)12-6(10)15/h1-4H3,(H,13,17)(H2,11,12,14,15,16). The minimum absolute atomic E-state index is 0.763. The van der Waals surface area contributed by atoms with Crippen molar-refractivity contribution in [3.63, 3.8) is 0 Å². The van der Waals surface area contributed by atoms with Gasteiger partial charge in [0, 0.05) is 0 Å². The van der Waals surface area contributed by atoms with Crippen LogP contribution in [0.1, 0.15) is 27.7 Å². The van der Waals surface area contributed by atoms with Gasteiger partial charge in [-0.15, -0.1) is 0 Å². The van der Waals surface area contributed by atoms with E-state index in [2.05, 4.69) is 0 Å². The number of hydrogen-bond donors (Lipinski definition) is 3. The van der Waals surface area contributed by atoms with Crippen LogP contribution < -0.4 is 16.1 Å². The summed E-state index contributed by atoms with van der Waals surface area (Å²) < 4.78 is 4.86. The van der Waals surface area contributed by atoms with Crippen molar-refractivity contribution >= 4 is 23.9 Å². The molecule has 1 saturated heterocycles. The number of nitrogens with one attached hydrogen (secondary N) is 3. The molecule has 0 aliphatic carbocycles. The van der Waals surface area contributed by atoms with Crippen LogP contribution in [0.2, 0.25) is 0 Å². The molecule has 0 unspecified atom stereocenters. The number of imide groups is 2. The Labute approximate surface area is 108 Å². The van der Waals surface area contributed by atoms with E-state index in [0.717, 1.165) is 6.92 Å². The monoisotopic (exact) mass is 273 g/mol. The molecule has 9 nitrogen and oxygen atoms in total. The number of rotatable bonds is 2. The topological polar surface area (TPSA) is 123 Å². The first-order chi connectivity index (χ1) is 8.54. The number of ether oxygens (including phenoxy) is 1. The molecule has 0 bridgehead atoms. The Bertz CT molecular complexity index is 419. The maximum Gasteiger partial charge on any atom is 0.431 e. The molecule has 1 heterocycles. The summed E-state index contributed by atoms with van der Waals surface area (Å²) in [6, 6.07) is -0.951. The van der Waals surface area contributed by atoms with E-state index < -0.39 is 35.1 Å². The lowest BCUT2D eigenvalue weighted by Crippen LogP contribution is -2.67. The van der Waals surface area contributed by atoms with Gasteiger partial charge in [-0.3, -0.25) is 20.2 Å². The van der Waals surface area contributed by atoms with E-state index in [-0.39, 0.29) is 0 Å². The Morgan fingerprint density at radius 2 is 1.63 bits per heavy atom. The first-order valence-electron chi connectivity index (χ1n) is 5.38. The molecule has 106 valence electrons. The zero-order valence-electron chi connectivity index (χ0n) is 10.9. The molecule has 0 aromatic carbocycles. The molecule has 3 N–H and O–H groups in total. The summed E-state index contributed by atoms with van der Waals surface area (Å²) in [5, 5.41) is 3.69. The predicted molar refractivity (Wildman–Crippen MR) is 60.5 cm³/mol. The summed E-state index contributed by atoms with van der Waals surface area (Å²) in [5.74, 6) is -1.98. The quantitative estimate of drug-likeness (QED) is 0.463. The molecule has 0 saturated carbocycles. The van der Waals surface area contributed by atoms with Crippen LogP contribution >= 0.6 is 0 Å². The van der Waals surface area contributed by atoms with Crippen molar-refractivity contribution in [1.82, 2.24) is 16.1 Å². The summed E-state index contributed by atoms with van der Waals surface area (Å²) in [7, 11) is 0. The van der Waals surface area contributed by atoms with E-state index in [9.17, 15) is 19.2 Å². The SMILES string of the molecule is CC(C)(C)OC(=O)NOC1(C)C(=O)NC(=O)NC1=O. The van der Waals surface area contributed by atoms with Crippen LogP contribution in [-0.4, -0.2) is 35.1 Å². The molecule has 1 aliphatic heterocycles. The highest BCUT2D eigenvalue weighted by Gasteiger charge is 2.49. The normalized spacial score (nSPS) is 18.4. The van der Waals surface area contributed by atoms with Crippen LogP contribution in [0.3, 0.4) is 0 Å². The molecule has 0 atom stereocenters. The van der Waals surface area contributed by atoms with Crippen molar-refractivity contribution in [3.05, 3.63) is 0 Å².